The highest BCUT2D eigenvalue weighted by Gasteiger charge is 2.03. The minimum absolute atomic E-state index is 0.316. The first kappa shape index (κ1) is 13.4. The molecule has 1 aromatic heterocycles. The van der Waals surface area contributed by atoms with E-state index in [4.69, 9.17) is 4.74 Å². The molecule has 0 aliphatic heterocycles. The zero-order valence-corrected chi connectivity index (χ0v) is 11.6. The molecule has 0 aliphatic carbocycles. The summed E-state index contributed by atoms with van der Waals surface area (Å²) < 4.78 is 4.85. The fourth-order valence-corrected chi connectivity index (χ4v) is 1.97. The molecule has 1 heterocycles. The summed E-state index contributed by atoms with van der Waals surface area (Å²) in [7, 11) is 0. The van der Waals surface area contributed by atoms with Gasteiger partial charge in [-0.2, -0.15) is 0 Å². The van der Waals surface area contributed by atoms with Crippen molar-refractivity contribution in [3.63, 3.8) is 0 Å². The zero-order chi connectivity index (χ0) is 13.8. The Balaban J connectivity index is 2.24. The quantitative estimate of drug-likeness (QED) is 0.667. The SMILES string of the molecule is CCOC(=O)/C=C/c1cc2cc(C(C)C)ccc2[nH]1. The van der Waals surface area contributed by atoms with Gasteiger partial charge in [0.05, 0.1) is 6.61 Å². The van der Waals surface area contributed by atoms with E-state index in [0.29, 0.717) is 12.5 Å². The Morgan fingerprint density at radius 2 is 2.16 bits per heavy atom. The highest BCUT2D eigenvalue weighted by molar-refractivity contribution is 5.89. The van der Waals surface area contributed by atoms with Gasteiger partial charge in [0.25, 0.3) is 0 Å². The molecule has 0 radical (unpaired) electrons. The zero-order valence-electron chi connectivity index (χ0n) is 11.6. The highest BCUT2D eigenvalue weighted by Crippen LogP contribution is 2.22. The summed E-state index contributed by atoms with van der Waals surface area (Å²) in [5.74, 6) is 0.196. The van der Waals surface area contributed by atoms with Crippen molar-refractivity contribution in [2.75, 3.05) is 6.61 Å². The molecule has 0 atom stereocenters. The number of rotatable bonds is 4. The van der Waals surface area contributed by atoms with Gasteiger partial charge in [0, 0.05) is 22.7 Å². The van der Waals surface area contributed by atoms with Gasteiger partial charge in [-0.1, -0.05) is 19.9 Å². The molecular weight excluding hydrogens is 238 g/mol. The van der Waals surface area contributed by atoms with Gasteiger partial charge < -0.3 is 9.72 Å². The van der Waals surface area contributed by atoms with Gasteiger partial charge >= 0.3 is 5.97 Å². The first-order chi connectivity index (χ1) is 9.10. The largest absolute Gasteiger partial charge is 0.463 e. The first-order valence-electron chi connectivity index (χ1n) is 6.57. The van der Waals surface area contributed by atoms with Gasteiger partial charge in [-0.25, -0.2) is 4.79 Å². The number of carbonyl (C=O) groups is 1. The highest BCUT2D eigenvalue weighted by atomic mass is 16.5. The van der Waals surface area contributed by atoms with E-state index in [1.807, 2.05) is 6.07 Å². The number of H-pyrrole nitrogens is 1. The molecule has 0 saturated carbocycles. The minimum Gasteiger partial charge on any atom is -0.463 e. The van der Waals surface area contributed by atoms with Crippen LogP contribution in [0.5, 0.6) is 0 Å². The van der Waals surface area contributed by atoms with Crippen LogP contribution >= 0.6 is 0 Å². The number of fused-ring (bicyclic) bond motifs is 1. The summed E-state index contributed by atoms with van der Waals surface area (Å²) in [6, 6.07) is 8.42. The molecule has 1 N–H and O–H groups in total. The smallest absolute Gasteiger partial charge is 0.330 e. The van der Waals surface area contributed by atoms with Gasteiger partial charge in [-0.3, -0.25) is 0 Å². The van der Waals surface area contributed by atoms with Crippen molar-refractivity contribution >= 4 is 22.9 Å². The van der Waals surface area contributed by atoms with E-state index in [2.05, 4.69) is 37.0 Å². The molecule has 0 saturated heterocycles. The average molecular weight is 257 g/mol. The molecule has 0 unspecified atom stereocenters. The number of carbonyl (C=O) groups excluding carboxylic acids is 1. The van der Waals surface area contributed by atoms with Crippen molar-refractivity contribution in [1.82, 2.24) is 4.98 Å². The fraction of sp³-hybridized carbons (Fsp3) is 0.312. The van der Waals surface area contributed by atoms with Crippen LogP contribution in [0.1, 0.15) is 37.9 Å². The number of aromatic amines is 1. The van der Waals surface area contributed by atoms with Crippen LogP contribution in [-0.4, -0.2) is 17.6 Å². The lowest BCUT2D eigenvalue weighted by molar-refractivity contribution is -0.137. The van der Waals surface area contributed by atoms with Crippen LogP contribution in [0.4, 0.5) is 0 Å². The molecule has 1 aromatic carbocycles. The van der Waals surface area contributed by atoms with Crippen LogP contribution < -0.4 is 0 Å². The third-order valence-corrected chi connectivity index (χ3v) is 3.02. The Bertz CT molecular complexity index is 608. The van der Waals surface area contributed by atoms with E-state index in [0.717, 1.165) is 16.6 Å². The summed E-state index contributed by atoms with van der Waals surface area (Å²) in [4.78, 5) is 14.5. The maximum atomic E-state index is 11.3. The number of ether oxygens (including phenoxy) is 1. The van der Waals surface area contributed by atoms with Crippen molar-refractivity contribution < 1.29 is 9.53 Å². The Kier molecular flexibility index (Phi) is 4.05. The van der Waals surface area contributed by atoms with Crippen molar-refractivity contribution in [3.05, 3.63) is 41.6 Å². The minimum atomic E-state index is -0.316. The number of aromatic nitrogens is 1. The van der Waals surface area contributed by atoms with Gasteiger partial charge in [-0.15, -0.1) is 0 Å². The molecule has 0 fully saturated rings. The second kappa shape index (κ2) is 5.74. The summed E-state index contributed by atoms with van der Waals surface area (Å²) in [5, 5.41) is 1.16. The van der Waals surface area contributed by atoms with Crippen LogP contribution in [-0.2, 0) is 9.53 Å². The summed E-state index contributed by atoms with van der Waals surface area (Å²) in [6.45, 7) is 6.54. The maximum Gasteiger partial charge on any atom is 0.330 e. The van der Waals surface area contributed by atoms with Crippen molar-refractivity contribution in [2.45, 2.75) is 26.7 Å². The van der Waals surface area contributed by atoms with Gasteiger partial charge in [0.2, 0.25) is 0 Å². The lowest BCUT2D eigenvalue weighted by Gasteiger charge is -2.03. The van der Waals surface area contributed by atoms with E-state index in [-0.39, 0.29) is 5.97 Å². The number of nitrogens with one attached hydrogen (secondary N) is 1. The molecule has 3 heteroatoms. The number of hydrogen-bond donors (Lipinski definition) is 1. The van der Waals surface area contributed by atoms with E-state index in [1.165, 1.54) is 11.6 Å². The first-order valence-corrected chi connectivity index (χ1v) is 6.57. The average Bonchev–Trinajstić information content (AvgIpc) is 2.78. The van der Waals surface area contributed by atoms with Crippen LogP contribution in [0.2, 0.25) is 0 Å². The van der Waals surface area contributed by atoms with Crippen LogP contribution in [0.25, 0.3) is 17.0 Å². The van der Waals surface area contributed by atoms with Crippen molar-refractivity contribution in [1.29, 1.82) is 0 Å². The number of hydrogen-bond acceptors (Lipinski definition) is 2. The normalized spacial score (nSPS) is 11.6. The van der Waals surface area contributed by atoms with E-state index in [1.54, 1.807) is 13.0 Å². The molecular formula is C16H19NO2. The van der Waals surface area contributed by atoms with E-state index >= 15 is 0 Å². The Hall–Kier alpha value is -2.03. The number of esters is 1. The molecule has 3 nitrogen and oxygen atoms in total. The predicted molar refractivity (Wildman–Crippen MR) is 78.1 cm³/mol. The Labute approximate surface area is 113 Å². The molecule has 2 aromatic rings. The van der Waals surface area contributed by atoms with Crippen LogP contribution in [0.15, 0.2) is 30.3 Å². The molecule has 2 rings (SSSR count). The van der Waals surface area contributed by atoms with Crippen LogP contribution in [0.3, 0.4) is 0 Å². The number of benzene rings is 1. The van der Waals surface area contributed by atoms with Gasteiger partial charge in [0.1, 0.15) is 0 Å². The maximum absolute atomic E-state index is 11.3. The second-order valence-corrected chi connectivity index (χ2v) is 4.81. The Morgan fingerprint density at radius 1 is 1.37 bits per heavy atom. The molecule has 0 aliphatic rings. The topological polar surface area (TPSA) is 42.1 Å². The lowest BCUT2D eigenvalue weighted by Crippen LogP contribution is -1.98. The summed E-state index contributed by atoms with van der Waals surface area (Å²) >= 11 is 0. The summed E-state index contributed by atoms with van der Waals surface area (Å²) in [5.41, 5.74) is 3.30. The fourth-order valence-electron chi connectivity index (χ4n) is 1.97. The summed E-state index contributed by atoms with van der Waals surface area (Å²) in [6.07, 6.45) is 3.19. The molecule has 19 heavy (non-hydrogen) atoms. The van der Waals surface area contributed by atoms with Crippen molar-refractivity contribution in [2.24, 2.45) is 0 Å². The molecule has 0 amide bonds. The predicted octanol–water partition coefficient (Wildman–Crippen LogP) is 3.87. The third-order valence-electron chi connectivity index (χ3n) is 3.02. The van der Waals surface area contributed by atoms with Crippen molar-refractivity contribution in [3.8, 4) is 0 Å². The molecule has 0 spiro atoms. The Morgan fingerprint density at radius 3 is 2.84 bits per heavy atom. The monoisotopic (exact) mass is 257 g/mol. The van der Waals surface area contributed by atoms with Gasteiger partial charge in [-0.05, 0) is 42.7 Å². The third kappa shape index (κ3) is 3.25. The standard InChI is InChI=1S/C16H19NO2/c1-4-19-16(18)8-6-14-10-13-9-12(11(2)3)5-7-15(13)17-14/h5-11,17H,4H2,1-3H3/b8-6+. The van der Waals surface area contributed by atoms with Gasteiger partial charge in [0.15, 0.2) is 0 Å². The lowest BCUT2D eigenvalue weighted by atomic mass is 10.0. The molecule has 0 bridgehead atoms. The molecule has 100 valence electrons. The van der Waals surface area contributed by atoms with E-state index in [9.17, 15) is 4.79 Å². The van der Waals surface area contributed by atoms with E-state index < -0.39 is 0 Å². The van der Waals surface area contributed by atoms with Crippen LogP contribution in [0, 0.1) is 0 Å². The second-order valence-electron chi connectivity index (χ2n) is 4.81.